The molecule has 1 fully saturated rings. The Bertz CT molecular complexity index is 719. The Labute approximate surface area is 184 Å². The van der Waals surface area contributed by atoms with E-state index in [-0.39, 0.29) is 6.09 Å². The lowest BCUT2D eigenvalue weighted by Crippen LogP contribution is -2.53. The van der Waals surface area contributed by atoms with Gasteiger partial charge in [-0.3, -0.25) is 4.99 Å². The van der Waals surface area contributed by atoms with Gasteiger partial charge in [0.1, 0.15) is 11.4 Å². The van der Waals surface area contributed by atoms with Gasteiger partial charge in [0.05, 0.1) is 0 Å². The third-order valence-electron chi connectivity index (χ3n) is 4.61. The number of aromatic nitrogens is 3. The minimum atomic E-state index is -0.481. The zero-order valence-electron chi connectivity index (χ0n) is 19.2. The number of carbonyl (C=O) groups is 1. The van der Waals surface area contributed by atoms with Gasteiger partial charge >= 0.3 is 6.09 Å². The molecule has 0 atom stereocenters. The van der Waals surface area contributed by atoms with Crippen molar-refractivity contribution in [3.63, 3.8) is 0 Å². The van der Waals surface area contributed by atoms with E-state index in [9.17, 15) is 4.79 Å². The van der Waals surface area contributed by atoms with Gasteiger partial charge in [-0.1, -0.05) is 25.6 Å². The van der Waals surface area contributed by atoms with Crippen LogP contribution in [0.4, 0.5) is 4.79 Å². The molecule has 170 valence electrons. The highest BCUT2D eigenvalue weighted by atomic mass is 32.2. The topological polar surface area (TPSA) is 102 Å². The molecule has 0 spiro atoms. The first-order valence-corrected chi connectivity index (χ1v) is 11.8. The summed E-state index contributed by atoms with van der Waals surface area (Å²) < 4.78 is 7.64. The Hall–Kier alpha value is -1.97. The van der Waals surface area contributed by atoms with Crippen LogP contribution in [0.1, 0.15) is 46.9 Å². The molecule has 1 aromatic heterocycles. The van der Waals surface area contributed by atoms with Gasteiger partial charge in [0, 0.05) is 45.7 Å². The van der Waals surface area contributed by atoms with Crippen molar-refractivity contribution in [1.29, 1.82) is 0 Å². The molecule has 1 saturated heterocycles. The van der Waals surface area contributed by atoms with Crippen LogP contribution in [0, 0.1) is 5.92 Å². The molecule has 2 heterocycles. The summed E-state index contributed by atoms with van der Waals surface area (Å²) in [6.07, 6.45) is 3.44. The van der Waals surface area contributed by atoms with Gasteiger partial charge in [-0.05, 0) is 39.4 Å². The molecule has 30 heavy (non-hydrogen) atoms. The van der Waals surface area contributed by atoms with Crippen LogP contribution in [0.5, 0.6) is 0 Å². The van der Waals surface area contributed by atoms with Crippen molar-refractivity contribution in [2.45, 2.75) is 64.8 Å². The molecule has 1 aliphatic heterocycles. The van der Waals surface area contributed by atoms with Crippen LogP contribution >= 0.6 is 11.8 Å². The molecule has 0 radical (unpaired) electrons. The Balaban J connectivity index is 1.79. The van der Waals surface area contributed by atoms with E-state index in [4.69, 9.17) is 10.5 Å². The molecule has 2 rings (SSSR count). The van der Waals surface area contributed by atoms with E-state index in [0.717, 1.165) is 30.4 Å². The van der Waals surface area contributed by atoms with Crippen molar-refractivity contribution in [1.82, 2.24) is 24.6 Å². The van der Waals surface area contributed by atoms with Gasteiger partial charge in [0.25, 0.3) is 0 Å². The molecule has 1 aromatic rings. The molecule has 0 bridgehead atoms. The third kappa shape index (κ3) is 7.37. The Morgan fingerprint density at radius 2 is 1.83 bits per heavy atom. The number of hydrogen-bond acceptors (Lipinski definition) is 6. The minimum Gasteiger partial charge on any atom is -0.444 e. The fraction of sp³-hybridized carbons (Fsp3) is 0.800. The number of aryl methyl sites for hydroxylation is 1. The first kappa shape index (κ1) is 24.3. The number of thioether (sulfide) groups is 1. The molecule has 0 aliphatic carbocycles. The summed E-state index contributed by atoms with van der Waals surface area (Å²) in [5, 5.41) is 9.59. The van der Waals surface area contributed by atoms with Gasteiger partial charge in [-0.15, -0.1) is 10.2 Å². The normalized spacial score (nSPS) is 15.8. The zero-order valence-corrected chi connectivity index (χ0v) is 20.0. The number of guanidine groups is 1. The molecule has 1 amide bonds. The summed E-state index contributed by atoms with van der Waals surface area (Å²) in [5.74, 6) is 2.08. The highest BCUT2D eigenvalue weighted by Crippen LogP contribution is 2.17. The van der Waals surface area contributed by atoms with E-state index >= 15 is 0 Å². The largest absolute Gasteiger partial charge is 0.444 e. The van der Waals surface area contributed by atoms with Crippen LogP contribution in [0.3, 0.4) is 0 Å². The van der Waals surface area contributed by atoms with Crippen LogP contribution in [-0.2, 0) is 17.7 Å². The summed E-state index contributed by atoms with van der Waals surface area (Å²) in [5.41, 5.74) is 5.70. The van der Waals surface area contributed by atoms with Crippen LogP contribution in [0.15, 0.2) is 10.1 Å². The molecule has 9 nitrogen and oxygen atoms in total. The lowest BCUT2D eigenvalue weighted by Gasteiger charge is -2.36. The summed E-state index contributed by atoms with van der Waals surface area (Å²) in [6, 6.07) is 0. The molecule has 1 aliphatic rings. The smallest absolute Gasteiger partial charge is 0.410 e. The number of aliphatic imine (C=N–C) groups is 1. The molecular formula is C20H37N7O2S. The highest BCUT2D eigenvalue weighted by Gasteiger charge is 2.26. The predicted molar refractivity (Wildman–Crippen MR) is 121 cm³/mol. The molecule has 0 unspecified atom stereocenters. The quantitative estimate of drug-likeness (QED) is 0.301. The highest BCUT2D eigenvalue weighted by molar-refractivity contribution is 7.98. The second-order valence-electron chi connectivity index (χ2n) is 8.91. The lowest BCUT2D eigenvalue weighted by molar-refractivity contribution is 0.0186. The number of nitrogens with two attached hydrogens (primary N) is 1. The number of hydrogen-bond donors (Lipinski definition) is 1. The van der Waals surface area contributed by atoms with Crippen molar-refractivity contribution < 1.29 is 9.53 Å². The third-order valence-corrected chi connectivity index (χ3v) is 5.28. The molecule has 10 heteroatoms. The van der Waals surface area contributed by atoms with Gasteiger partial charge in [-0.25, -0.2) is 4.79 Å². The average Bonchev–Trinajstić information content (AvgIpc) is 3.04. The van der Waals surface area contributed by atoms with Crippen molar-refractivity contribution >= 4 is 23.8 Å². The van der Waals surface area contributed by atoms with Crippen LogP contribution in [0.2, 0.25) is 0 Å². The predicted octanol–water partition coefficient (Wildman–Crippen LogP) is 2.46. The van der Waals surface area contributed by atoms with Crippen molar-refractivity contribution in [3.05, 3.63) is 5.82 Å². The number of carbonyl (C=O) groups excluding carboxylic acids is 1. The van der Waals surface area contributed by atoms with E-state index in [1.54, 1.807) is 16.7 Å². The van der Waals surface area contributed by atoms with E-state index in [1.165, 1.54) is 0 Å². The molecule has 0 saturated carbocycles. The summed E-state index contributed by atoms with van der Waals surface area (Å²) in [7, 11) is 0. The first-order chi connectivity index (χ1) is 14.1. The number of nitrogens with zero attached hydrogens (tertiary/aromatic N) is 6. The van der Waals surface area contributed by atoms with Gasteiger partial charge < -0.3 is 24.8 Å². The average molecular weight is 440 g/mol. The summed E-state index contributed by atoms with van der Waals surface area (Å²) in [4.78, 5) is 20.4. The monoisotopic (exact) mass is 439 g/mol. The summed E-state index contributed by atoms with van der Waals surface area (Å²) >= 11 is 1.62. The number of ether oxygens (including phenoxy) is 1. The van der Waals surface area contributed by atoms with E-state index in [1.807, 2.05) is 31.9 Å². The SMILES string of the molecule is CSc1nnc(CCCN=C(N)N2CCN(C(=O)OC(C)(C)C)CC2)n1CC(C)C. The Kier molecular flexibility index (Phi) is 8.81. The second-order valence-corrected chi connectivity index (χ2v) is 9.68. The zero-order chi connectivity index (χ0) is 22.3. The van der Waals surface area contributed by atoms with E-state index < -0.39 is 5.60 Å². The van der Waals surface area contributed by atoms with Gasteiger partial charge in [0.2, 0.25) is 0 Å². The maximum absolute atomic E-state index is 12.2. The second kappa shape index (κ2) is 10.9. The van der Waals surface area contributed by atoms with Gasteiger partial charge in [0.15, 0.2) is 11.1 Å². The summed E-state index contributed by atoms with van der Waals surface area (Å²) in [6.45, 7) is 14.1. The first-order valence-electron chi connectivity index (χ1n) is 10.6. The fourth-order valence-electron chi connectivity index (χ4n) is 3.18. The Morgan fingerprint density at radius 3 is 2.40 bits per heavy atom. The number of amides is 1. The molecular weight excluding hydrogens is 402 g/mol. The van der Waals surface area contributed by atoms with Crippen LogP contribution < -0.4 is 5.73 Å². The maximum Gasteiger partial charge on any atom is 0.410 e. The number of piperazine rings is 1. The fourth-order valence-corrected chi connectivity index (χ4v) is 3.70. The van der Waals surface area contributed by atoms with Crippen LogP contribution in [-0.4, -0.2) is 81.2 Å². The standard InChI is InChI=1S/C20H37N7O2S/c1-15(2)14-27-16(23-24-18(27)30-6)8-7-9-22-17(21)25-10-12-26(13-11-25)19(28)29-20(3,4)5/h15H,7-14H2,1-6H3,(H2,21,22). The van der Waals surface area contributed by atoms with Gasteiger partial charge in [-0.2, -0.15) is 0 Å². The maximum atomic E-state index is 12.2. The van der Waals surface area contributed by atoms with E-state index in [2.05, 4.69) is 33.6 Å². The van der Waals surface area contributed by atoms with Crippen LogP contribution in [0.25, 0.3) is 0 Å². The van der Waals surface area contributed by atoms with Crippen molar-refractivity contribution in [2.24, 2.45) is 16.6 Å². The van der Waals surface area contributed by atoms with Crippen molar-refractivity contribution in [3.8, 4) is 0 Å². The minimum absolute atomic E-state index is 0.271. The lowest BCUT2D eigenvalue weighted by atomic mass is 10.2. The number of rotatable bonds is 7. The molecule has 0 aromatic carbocycles. The molecule has 2 N–H and O–H groups in total. The van der Waals surface area contributed by atoms with E-state index in [0.29, 0.717) is 44.6 Å². The Morgan fingerprint density at radius 1 is 1.20 bits per heavy atom. The van der Waals surface area contributed by atoms with Crippen molar-refractivity contribution in [2.75, 3.05) is 39.0 Å².